The minimum Gasteiger partial charge on any atom is -0.507 e. The first kappa shape index (κ1) is 17.3. The van der Waals surface area contributed by atoms with Crippen LogP contribution in [0, 0.1) is 5.92 Å². The molecule has 2 N–H and O–H groups in total. The summed E-state index contributed by atoms with van der Waals surface area (Å²) < 4.78 is 5.07. The van der Waals surface area contributed by atoms with Crippen LogP contribution in [0.2, 0.25) is 0 Å². The number of carbonyl (C=O) groups is 1. The van der Waals surface area contributed by atoms with Crippen molar-refractivity contribution in [2.24, 2.45) is 5.92 Å². The van der Waals surface area contributed by atoms with Gasteiger partial charge in [-0.2, -0.15) is 0 Å². The molecule has 1 aromatic rings. The summed E-state index contributed by atoms with van der Waals surface area (Å²) in [7, 11) is 3.42. The molecule has 0 aromatic heterocycles. The second kappa shape index (κ2) is 7.88. The second-order valence-electron chi connectivity index (χ2n) is 5.71. The third kappa shape index (κ3) is 5.27. The number of ether oxygens (including phenoxy) is 1. The van der Waals surface area contributed by atoms with Crippen molar-refractivity contribution in [1.82, 2.24) is 10.2 Å². The number of phenolic OH excluding ortho intramolecular Hbond substituents is 1. The van der Waals surface area contributed by atoms with E-state index in [0.29, 0.717) is 24.8 Å². The molecular weight excluding hydrogens is 268 g/mol. The Morgan fingerprint density at radius 3 is 2.57 bits per heavy atom. The molecule has 5 nitrogen and oxygen atoms in total. The number of rotatable bonds is 7. The average molecular weight is 294 g/mol. The van der Waals surface area contributed by atoms with E-state index in [1.54, 1.807) is 19.2 Å². The summed E-state index contributed by atoms with van der Waals surface area (Å²) in [5.74, 6) is 1.21. The van der Waals surface area contributed by atoms with Crippen LogP contribution < -0.4 is 10.1 Å². The molecule has 0 radical (unpaired) electrons. The van der Waals surface area contributed by atoms with Crippen LogP contribution in [0.1, 0.15) is 32.4 Å². The summed E-state index contributed by atoms with van der Waals surface area (Å²) >= 11 is 0. The molecule has 1 unspecified atom stereocenters. The zero-order valence-corrected chi connectivity index (χ0v) is 13.5. The number of benzene rings is 1. The van der Waals surface area contributed by atoms with Crippen molar-refractivity contribution >= 4 is 5.91 Å². The third-order valence-electron chi connectivity index (χ3n) is 3.45. The highest BCUT2D eigenvalue weighted by molar-refractivity contribution is 5.78. The zero-order valence-electron chi connectivity index (χ0n) is 13.5. The molecule has 0 aliphatic heterocycles. The Kier molecular flexibility index (Phi) is 6.49. The molecule has 0 heterocycles. The van der Waals surface area contributed by atoms with Crippen LogP contribution in [0.25, 0.3) is 0 Å². The van der Waals surface area contributed by atoms with Crippen molar-refractivity contribution < 1.29 is 14.6 Å². The van der Waals surface area contributed by atoms with E-state index in [2.05, 4.69) is 19.2 Å². The normalized spacial score (nSPS) is 12.5. The van der Waals surface area contributed by atoms with Crippen molar-refractivity contribution in [3.05, 3.63) is 23.8 Å². The van der Waals surface area contributed by atoms with Crippen LogP contribution in [0.15, 0.2) is 18.2 Å². The van der Waals surface area contributed by atoms with Crippen molar-refractivity contribution in [1.29, 1.82) is 0 Å². The van der Waals surface area contributed by atoms with Gasteiger partial charge in [0.05, 0.1) is 13.7 Å². The predicted octanol–water partition coefficient (Wildman–Crippen LogP) is 2.17. The summed E-state index contributed by atoms with van der Waals surface area (Å²) in [4.78, 5) is 13.7. The second-order valence-corrected chi connectivity index (χ2v) is 5.71. The highest BCUT2D eigenvalue weighted by Gasteiger charge is 2.18. The standard InChI is InChI=1S/C16H26N2O3/c1-11(2)9-17-16(20)10-18(4)12(3)14-7-6-13(21-5)8-15(14)19/h6-8,11-12,19H,9-10H2,1-5H3,(H,17,20). The highest BCUT2D eigenvalue weighted by atomic mass is 16.5. The molecule has 5 heteroatoms. The monoisotopic (exact) mass is 294 g/mol. The van der Waals surface area contributed by atoms with Gasteiger partial charge in [0, 0.05) is 24.2 Å². The van der Waals surface area contributed by atoms with Crippen LogP contribution in [0.5, 0.6) is 11.5 Å². The fraction of sp³-hybridized carbons (Fsp3) is 0.562. The third-order valence-corrected chi connectivity index (χ3v) is 3.45. The molecule has 0 saturated carbocycles. The molecule has 118 valence electrons. The number of likely N-dealkylation sites (N-methyl/N-ethyl adjacent to an activating group) is 1. The maximum Gasteiger partial charge on any atom is 0.234 e. The molecule has 0 aliphatic rings. The van der Waals surface area contributed by atoms with Gasteiger partial charge < -0.3 is 15.2 Å². The molecule has 0 fully saturated rings. The van der Waals surface area contributed by atoms with Gasteiger partial charge >= 0.3 is 0 Å². The van der Waals surface area contributed by atoms with Gasteiger partial charge in [-0.15, -0.1) is 0 Å². The van der Waals surface area contributed by atoms with E-state index in [9.17, 15) is 9.90 Å². The van der Waals surface area contributed by atoms with Gasteiger partial charge in [0.2, 0.25) is 5.91 Å². The van der Waals surface area contributed by atoms with E-state index < -0.39 is 0 Å². The molecule has 1 atom stereocenters. The van der Waals surface area contributed by atoms with Crippen LogP contribution in [-0.2, 0) is 4.79 Å². The molecule has 1 aromatic carbocycles. The van der Waals surface area contributed by atoms with Gasteiger partial charge in [-0.1, -0.05) is 19.9 Å². The molecule has 1 rings (SSSR count). The summed E-state index contributed by atoms with van der Waals surface area (Å²) in [5, 5.41) is 12.9. The number of hydrogen-bond acceptors (Lipinski definition) is 4. The molecular formula is C16H26N2O3. The number of nitrogens with zero attached hydrogens (tertiary/aromatic N) is 1. The number of nitrogens with one attached hydrogen (secondary N) is 1. The zero-order chi connectivity index (χ0) is 16.0. The topological polar surface area (TPSA) is 61.8 Å². The minimum atomic E-state index is -0.0688. The first-order chi connectivity index (χ1) is 9.85. The number of carbonyl (C=O) groups excluding carboxylic acids is 1. The Labute approximate surface area is 126 Å². The van der Waals surface area contributed by atoms with Gasteiger partial charge in [-0.25, -0.2) is 0 Å². The quantitative estimate of drug-likeness (QED) is 0.809. The average Bonchev–Trinajstić information content (AvgIpc) is 2.44. The maximum absolute atomic E-state index is 11.8. The van der Waals surface area contributed by atoms with Gasteiger partial charge in [0.1, 0.15) is 11.5 Å². The lowest BCUT2D eigenvalue weighted by Crippen LogP contribution is -2.37. The number of aromatic hydroxyl groups is 1. The van der Waals surface area contributed by atoms with Crippen molar-refractivity contribution in [2.75, 3.05) is 27.2 Å². The fourth-order valence-electron chi connectivity index (χ4n) is 1.98. The lowest BCUT2D eigenvalue weighted by Gasteiger charge is -2.25. The Hall–Kier alpha value is -1.75. The summed E-state index contributed by atoms with van der Waals surface area (Å²) in [6.45, 7) is 7.04. The predicted molar refractivity (Wildman–Crippen MR) is 83.6 cm³/mol. The molecule has 0 spiro atoms. The van der Waals surface area contributed by atoms with Crippen molar-refractivity contribution in [3.8, 4) is 11.5 Å². The Morgan fingerprint density at radius 2 is 2.05 bits per heavy atom. The SMILES string of the molecule is COc1ccc(C(C)N(C)CC(=O)NCC(C)C)c(O)c1. The lowest BCUT2D eigenvalue weighted by molar-refractivity contribution is -0.122. The number of methoxy groups -OCH3 is 1. The van der Waals surface area contributed by atoms with E-state index >= 15 is 0 Å². The molecule has 21 heavy (non-hydrogen) atoms. The number of hydrogen-bond donors (Lipinski definition) is 2. The smallest absolute Gasteiger partial charge is 0.234 e. The van der Waals surface area contributed by atoms with E-state index in [0.717, 1.165) is 5.56 Å². The first-order valence-corrected chi connectivity index (χ1v) is 7.19. The van der Waals surface area contributed by atoms with Crippen molar-refractivity contribution in [2.45, 2.75) is 26.8 Å². The molecule has 1 amide bonds. The first-order valence-electron chi connectivity index (χ1n) is 7.19. The van der Waals surface area contributed by atoms with Crippen LogP contribution in [0.3, 0.4) is 0 Å². The van der Waals surface area contributed by atoms with E-state index in [-0.39, 0.29) is 17.7 Å². The van der Waals surface area contributed by atoms with Crippen LogP contribution >= 0.6 is 0 Å². The van der Waals surface area contributed by atoms with Gasteiger partial charge in [-0.3, -0.25) is 9.69 Å². The lowest BCUT2D eigenvalue weighted by atomic mass is 10.1. The Morgan fingerprint density at radius 1 is 1.38 bits per heavy atom. The van der Waals surface area contributed by atoms with E-state index in [1.165, 1.54) is 0 Å². The van der Waals surface area contributed by atoms with E-state index in [1.807, 2.05) is 24.9 Å². The minimum absolute atomic E-state index is 0.00829. The van der Waals surface area contributed by atoms with E-state index in [4.69, 9.17) is 4.74 Å². The summed E-state index contributed by atoms with van der Waals surface area (Å²) in [5.41, 5.74) is 0.773. The fourth-order valence-corrected chi connectivity index (χ4v) is 1.98. The van der Waals surface area contributed by atoms with Gasteiger partial charge in [-0.05, 0) is 26.0 Å². The number of phenols is 1. The largest absolute Gasteiger partial charge is 0.507 e. The summed E-state index contributed by atoms with van der Waals surface area (Å²) in [6.07, 6.45) is 0. The van der Waals surface area contributed by atoms with Crippen LogP contribution in [-0.4, -0.2) is 43.2 Å². The molecule has 0 aliphatic carbocycles. The highest BCUT2D eigenvalue weighted by Crippen LogP contribution is 2.30. The Balaban J connectivity index is 2.65. The Bertz CT molecular complexity index is 475. The van der Waals surface area contributed by atoms with Crippen LogP contribution in [0.4, 0.5) is 0 Å². The number of amides is 1. The van der Waals surface area contributed by atoms with Crippen molar-refractivity contribution in [3.63, 3.8) is 0 Å². The van der Waals surface area contributed by atoms with Gasteiger partial charge in [0.25, 0.3) is 0 Å². The van der Waals surface area contributed by atoms with Gasteiger partial charge in [0.15, 0.2) is 0 Å². The summed E-state index contributed by atoms with van der Waals surface area (Å²) in [6, 6.07) is 5.14. The molecule has 0 saturated heterocycles. The maximum atomic E-state index is 11.8. The molecule has 0 bridgehead atoms.